The van der Waals surface area contributed by atoms with Gasteiger partial charge >= 0.3 is 18.0 Å². The zero-order chi connectivity index (χ0) is 30.7. The smallest absolute Gasteiger partial charge is 0.417 e. The van der Waals surface area contributed by atoms with Gasteiger partial charge in [-0.2, -0.15) is 18.2 Å². The second kappa shape index (κ2) is 10.7. The molecule has 0 saturated carbocycles. The van der Waals surface area contributed by atoms with Crippen LogP contribution in [0.2, 0.25) is 0 Å². The number of benzene rings is 2. The molecular formula is C29H31F5N4O3S. The molecule has 2 atom stereocenters. The summed E-state index contributed by atoms with van der Waals surface area (Å²) in [6, 6.07) is 2.54. The second-order valence-corrected chi connectivity index (χ2v) is 12.8. The van der Waals surface area contributed by atoms with Gasteiger partial charge in [0.1, 0.15) is 23.1 Å². The zero-order valence-corrected chi connectivity index (χ0v) is 24.6. The molecule has 0 unspecified atom stereocenters. The fourth-order valence-electron chi connectivity index (χ4n) is 5.73. The first-order valence-electron chi connectivity index (χ1n) is 13.6. The molecule has 1 amide bonds. The Labute approximate surface area is 243 Å². The Bertz CT molecular complexity index is 1610. The van der Waals surface area contributed by atoms with Crippen molar-refractivity contribution in [2.75, 3.05) is 23.7 Å². The van der Waals surface area contributed by atoms with Crippen molar-refractivity contribution in [3.8, 4) is 11.1 Å². The molecule has 0 N–H and O–H groups in total. The molecule has 1 fully saturated rings. The first kappa shape index (κ1) is 30.1. The Morgan fingerprint density at radius 2 is 1.74 bits per heavy atom. The molecule has 5 rings (SSSR count). The van der Waals surface area contributed by atoms with Crippen molar-refractivity contribution in [1.82, 2.24) is 14.5 Å². The summed E-state index contributed by atoms with van der Waals surface area (Å²) in [5, 5.41) is 0.0997. The number of amides is 1. The van der Waals surface area contributed by atoms with Crippen LogP contribution in [-0.4, -0.2) is 57.1 Å². The highest BCUT2D eigenvalue weighted by Crippen LogP contribution is 2.48. The third-order valence-electron chi connectivity index (χ3n) is 7.30. The number of thioether (sulfide) groups is 1. The number of piperazine rings is 1. The van der Waals surface area contributed by atoms with Crippen molar-refractivity contribution in [2.45, 2.75) is 76.3 Å². The first-order valence-corrected chi connectivity index (χ1v) is 14.6. The van der Waals surface area contributed by atoms with Crippen molar-refractivity contribution in [1.29, 1.82) is 0 Å². The van der Waals surface area contributed by atoms with Crippen LogP contribution < -0.4 is 10.6 Å². The maximum atomic E-state index is 15.0. The quantitative estimate of drug-likeness (QED) is 0.301. The number of aryl methyl sites for hydroxylation is 1. The number of rotatable bonds is 2. The van der Waals surface area contributed by atoms with Gasteiger partial charge in [-0.25, -0.2) is 18.4 Å². The third kappa shape index (κ3) is 5.55. The molecule has 0 aliphatic carbocycles. The number of nitrogens with zero attached hydrogens (tertiary/aromatic N) is 4. The number of hydrogen-bond acceptors (Lipinski definition) is 6. The predicted octanol–water partition coefficient (Wildman–Crippen LogP) is 6.69. The molecule has 3 aromatic rings. The van der Waals surface area contributed by atoms with Gasteiger partial charge in [0.2, 0.25) is 0 Å². The zero-order valence-electron chi connectivity index (χ0n) is 23.8. The van der Waals surface area contributed by atoms with Gasteiger partial charge in [-0.05, 0) is 65.0 Å². The van der Waals surface area contributed by atoms with E-state index in [0.717, 1.165) is 30.0 Å². The van der Waals surface area contributed by atoms with Crippen LogP contribution in [-0.2, 0) is 17.5 Å². The number of carbonyl (C=O) groups is 1. The molecule has 2 aliphatic rings. The summed E-state index contributed by atoms with van der Waals surface area (Å²) >= 11 is 1.11. The fourth-order valence-corrected chi connectivity index (χ4v) is 6.93. The van der Waals surface area contributed by atoms with Crippen LogP contribution in [0, 0.1) is 11.6 Å². The summed E-state index contributed by atoms with van der Waals surface area (Å²) in [7, 11) is 0. The molecular weight excluding hydrogens is 579 g/mol. The van der Waals surface area contributed by atoms with Crippen molar-refractivity contribution in [3.05, 3.63) is 51.9 Å². The molecule has 1 aromatic heterocycles. The summed E-state index contributed by atoms with van der Waals surface area (Å²) < 4.78 is 79.8. The lowest BCUT2D eigenvalue weighted by molar-refractivity contribution is -0.137. The van der Waals surface area contributed by atoms with Crippen LogP contribution in [0.25, 0.3) is 22.0 Å². The molecule has 2 aliphatic heterocycles. The number of carbonyl (C=O) groups excluding carboxylic acids is 1. The number of halogens is 5. The molecule has 0 spiro atoms. The van der Waals surface area contributed by atoms with Crippen LogP contribution in [0.5, 0.6) is 0 Å². The van der Waals surface area contributed by atoms with Gasteiger partial charge in [-0.15, -0.1) is 11.8 Å². The summed E-state index contributed by atoms with van der Waals surface area (Å²) in [6.07, 6.45) is -4.93. The fraction of sp³-hybridized carbons (Fsp3) is 0.483. The first-order chi connectivity index (χ1) is 19.6. The minimum absolute atomic E-state index is 0.0640. The minimum atomic E-state index is -4.90. The molecule has 42 heavy (non-hydrogen) atoms. The number of aromatic nitrogens is 2. The Balaban J connectivity index is 1.73. The Morgan fingerprint density at radius 1 is 1.07 bits per heavy atom. The topological polar surface area (TPSA) is 67.7 Å². The Hall–Kier alpha value is -3.35. The van der Waals surface area contributed by atoms with Gasteiger partial charge < -0.3 is 9.64 Å². The van der Waals surface area contributed by atoms with Gasteiger partial charge in [0.15, 0.2) is 0 Å². The van der Waals surface area contributed by atoms with E-state index >= 15 is 4.39 Å². The molecule has 13 heteroatoms. The molecule has 7 nitrogen and oxygen atoms in total. The van der Waals surface area contributed by atoms with E-state index in [1.165, 1.54) is 4.57 Å². The van der Waals surface area contributed by atoms with Crippen molar-refractivity contribution in [3.63, 3.8) is 0 Å². The average Bonchev–Trinajstić information content (AvgIpc) is 3.08. The monoisotopic (exact) mass is 610 g/mol. The van der Waals surface area contributed by atoms with Crippen LogP contribution in [0.1, 0.15) is 46.6 Å². The molecule has 2 aromatic carbocycles. The van der Waals surface area contributed by atoms with E-state index in [2.05, 4.69) is 4.98 Å². The second-order valence-electron chi connectivity index (χ2n) is 11.7. The minimum Gasteiger partial charge on any atom is -0.444 e. The van der Waals surface area contributed by atoms with E-state index < -0.39 is 64.0 Å². The van der Waals surface area contributed by atoms with E-state index in [-0.39, 0.29) is 41.3 Å². The van der Waals surface area contributed by atoms with Crippen LogP contribution in [0.3, 0.4) is 0 Å². The van der Waals surface area contributed by atoms with E-state index in [9.17, 15) is 27.2 Å². The normalized spacial score (nSPS) is 19.7. The van der Waals surface area contributed by atoms with Crippen LogP contribution in [0.15, 0.2) is 34.0 Å². The van der Waals surface area contributed by atoms with Gasteiger partial charge in [-0.1, -0.05) is 0 Å². The van der Waals surface area contributed by atoms with Crippen molar-refractivity contribution in [2.24, 2.45) is 0 Å². The SMILES string of the molecule is C[C@@H]1CN(c2nc(=O)n3c4c(c(-c5ccc(F)cc5F)c(C(F)(F)F)cc24)SCCC3)C[C@H](C)N1C(=O)OC(C)(C)C. The van der Waals surface area contributed by atoms with Crippen molar-refractivity contribution >= 4 is 34.6 Å². The number of alkyl halides is 3. The van der Waals surface area contributed by atoms with Crippen LogP contribution in [0.4, 0.5) is 32.6 Å². The summed E-state index contributed by atoms with van der Waals surface area (Å²) in [5.74, 6) is -1.61. The van der Waals surface area contributed by atoms with Crippen LogP contribution >= 0.6 is 11.8 Å². The van der Waals surface area contributed by atoms with E-state index in [1.54, 1.807) is 44.4 Å². The van der Waals surface area contributed by atoms with Gasteiger partial charge in [0.05, 0.1) is 23.2 Å². The van der Waals surface area contributed by atoms with E-state index in [1.807, 2.05) is 0 Å². The molecule has 226 valence electrons. The number of hydrogen-bond donors (Lipinski definition) is 0. The molecule has 1 saturated heterocycles. The number of ether oxygens (including phenoxy) is 1. The maximum absolute atomic E-state index is 15.0. The Morgan fingerprint density at radius 3 is 2.33 bits per heavy atom. The molecule has 3 heterocycles. The van der Waals surface area contributed by atoms with Gasteiger partial charge in [0, 0.05) is 47.1 Å². The average molecular weight is 611 g/mol. The third-order valence-corrected chi connectivity index (χ3v) is 8.48. The predicted molar refractivity (Wildman–Crippen MR) is 151 cm³/mol. The van der Waals surface area contributed by atoms with Gasteiger partial charge in [0.25, 0.3) is 0 Å². The number of anilines is 1. The lowest BCUT2D eigenvalue weighted by atomic mass is 9.95. The summed E-state index contributed by atoms with van der Waals surface area (Å²) in [4.78, 5) is 34.0. The lowest BCUT2D eigenvalue weighted by Gasteiger charge is -2.45. The highest BCUT2D eigenvalue weighted by Gasteiger charge is 2.40. The lowest BCUT2D eigenvalue weighted by Crippen LogP contribution is -2.59. The Kier molecular flexibility index (Phi) is 7.70. The van der Waals surface area contributed by atoms with Crippen molar-refractivity contribution < 1.29 is 31.5 Å². The highest BCUT2D eigenvalue weighted by molar-refractivity contribution is 7.99. The molecule has 0 radical (unpaired) electrons. The summed E-state index contributed by atoms with van der Waals surface area (Å²) in [5.41, 5.74) is -3.06. The standard InChI is InChI=1S/C29H31F5N4O3S/c1-15-13-36(14-16(2)38(15)27(40)41-28(3,4)5)25-19-12-20(29(32,33)34)22(18-8-7-17(30)11-21(18)31)24-23(19)37(26(39)35-25)9-6-10-42-24/h7-8,11-12,15-16H,6,9-10,13-14H2,1-5H3/t15-,16+. The van der Waals surface area contributed by atoms with E-state index in [4.69, 9.17) is 4.74 Å². The maximum Gasteiger partial charge on any atom is 0.417 e. The van der Waals surface area contributed by atoms with Gasteiger partial charge in [-0.3, -0.25) is 9.47 Å². The summed E-state index contributed by atoms with van der Waals surface area (Å²) in [6.45, 7) is 9.46. The van der Waals surface area contributed by atoms with E-state index in [0.29, 0.717) is 18.2 Å². The molecule has 0 bridgehead atoms. The highest BCUT2D eigenvalue weighted by atomic mass is 32.2. The largest absolute Gasteiger partial charge is 0.444 e.